The lowest BCUT2D eigenvalue weighted by molar-refractivity contribution is 0.0602. The number of esters is 1. The molecule has 104 valence electrons. The second-order valence-electron chi connectivity index (χ2n) is 4.39. The SMILES string of the molecule is COC(=O)c1cc(NC2CCS(=O)(=O)C2)ncc1N. The molecule has 0 spiro atoms. The molecule has 1 fully saturated rings. The van der Waals surface area contributed by atoms with E-state index in [9.17, 15) is 13.2 Å². The molecule has 0 aliphatic carbocycles. The number of ether oxygens (including phenoxy) is 1. The summed E-state index contributed by atoms with van der Waals surface area (Å²) in [6.45, 7) is 0. The number of methoxy groups -OCH3 is 1. The Morgan fingerprint density at radius 3 is 2.89 bits per heavy atom. The van der Waals surface area contributed by atoms with Crippen LogP contribution in [-0.2, 0) is 14.6 Å². The number of sulfone groups is 1. The van der Waals surface area contributed by atoms with Crippen molar-refractivity contribution in [3.05, 3.63) is 17.8 Å². The van der Waals surface area contributed by atoms with Crippen molar-refractivity contribution in [2.24, 2.45) is 0 Å². The van der Waals surface area contributed by atoms with Gasteiger partial charge in [0.25, 0.3) is 0 Å². The predicted octanol–water partition coefficient (Wildman–Crippen LogP) is 0.0494. The fourth-order valence-corrected chi connectivity index (χ4v) is 3.62. The third kappa shape index (κ3) is 3.14. The molecule has 8 heteroatoms. The Morgan fingerprint density at radius 2 is 2.32 bits per heavy atom. The van der Waals surface area contributed by atoms with Crippen LogP contribution in [0.3, 0.4) is 0 Å². The zero-order chi connectivity index (χ0) is 14.0. The third-order valence-corrected chi connectivity index (χ3v) is 4.69. The van der Waals surface area contributed by atoms with Gasteiger partial charge in [-0.25, -0.2) is 18.2 Å². The Balaban J connectivity index is 2.16. The monoisotopic (exact) mass is 285 g/mol. The lowest BCUT2D eigenvalue weighted by Crippen LogP contribution is -2.21. The van der Waals surface area contributed by atoms with Crippen molar-refractivity contribution in [1.82, 2.24) is 4.98 Å². The molecule has 19 heavy (non-hydrogen) atoms. The first-order valence-corrected chi connectivity index (χ1v) is 7.54. The van der Waals surface area contributed by atoms with Gasteiger partial charge in [-0.05, 0) is 12.5 Å². The summed E-state index contributed by atoms with van der Waals surface area (Å²) in [5.41, 5.74) is 6.06. The van der Waals surface area contributed by atoms with Crippen molar-refractivity contribution >= 4 is 27.3 Å². The molecule has 0 amide bonds. The maximum Gasteiger partial charge on any atom is 0.340 e. The van der Waals surface area contributed by atoms with Crippen LogP contribution in [0.25, 0.3) is 0 Å². The van der Waals surface area contributed by atoms with E-state index < -0.39 is 15.8 Å². The van der Waals surface area contributed by atoms with Gasteiger partial charge in [-0.15, -0.1) is 0 Å². The summed E-state index contributed by atoms with van der Waals surface area (Å²) >= 11 is 0. The molecule has 1 aliphatic rings. The number of nitrogens with one attached hydrogen (secondary N) is 1. The van der Waals surface area contributed by atoms with Gasteiger partial charge in [0, 0.05) is 6.04 Å². The van der Waals surface area contributed by atoms with Crippen molar-refractivity contribution in [1.29, 1.82) is 0 Å². The van der Waals surface area contributed by atoms with Gasteiger partial charge in [-0.2, -0.15) is 0 Å². The summed E-state index contributed by atoms with van der Waals surface area (Å²) in [5, 5.41) is 2.99. The van der Waals surface area contributed by atoms with Crippen molar-refractivity contribution < 1.29 is 17.9 Å². The molecular weight excluding hydrogens is 270 g/mol. The summed E-state index contributed by atoms with van der Waals surface area (Å²) < 4.78 is 27.3. The van der Waals surface area contributed by atoms with E-state index in [2.05, 4.69) is 15.0 Å². The molecule has 2 heterocycles. The van der Waals surface area contributed by atoms with Crippen molar-refractivity contribution in [3.63, 3.8) is 0 Å². The van der Waals surface area contributed by atoms with Gasteiger partial charge < -0.3 is 15.8 Å². The zero-order valence-electron chi connectivity index (χ0n) is 10.4. The van der Waals surface area contributed by atoms with Crippen molar-refractivity contribution in [3.8, 4) is 0 Å². The Morgan fingerprint density at radius 1 is 1.58 bits per heavy atom. The van der Waals surface area contributed by atoms with Crippen molar-refractivity contribution in [2.75, 3.05) is 29.7 Å². The van der Waals surface area contributed by atoms with E-state index in [0.29, 0.717) is 12.2 Å². The van der Waals surface area contributed by atoms with Crippen LogP contribution in [0, 0.1) is 0 Å². The van der Waals surface area contributed by atoms with E-state index >= 15 is 0 Å². The van der Waals surface area contributed by atoms with E-state index in [-0.39, 0.29) is 28.8 Å². The molecule has 1 saturated heterocycles. The summed E-state index contributed by atoms with van der Waals surface area (Å²) in [6.07, 6.45) is 1.87. The van der Waals surface area contributed by atoms with Crippen molar-refractivity contribution in [2.45, 2.75) is 12.5 Å². The summed E-state index contributed by atoms with van der Waals surface area (Å²) in [5.74, 6) is 0.106. The molecular formula is C11H15N3O4S. The molecule has 1 atom stereocenters. The highest BCUT2D eigenvalue weighted by Gasteiger charge is 2.28. The van der Waals surface area contributed by atoms with E-state index in [1.807, 2.05) is 0 Å². The second-order valence-corrected chi connectivity index (χ2v) is 6.62. The molecule has 3 N–H and O–H groups in total. The highest BCUT2D eigenvalue weighted by molar-refractivity contribution is 7.91. The largest absolute Gasteiger partial charge is 0.465 e. The highest BCUT2D eigenvalue weighted by atomic mass is 32.2. The van der Waals surface area contributed by atoms with Crippen LogP contribution in [0.15, 0.2) is 12.3 Å². The smallest absolute Gasteiger partial charge is 0.340 e. The van der Waals surface area contributed by atoms with Gasteiger partial charge in [0.1, 0.15) is 5.82 Å². The number of carbonyl (C=O) groups is 1. The predicted molar refractivity (Wildman–Crippen MR) is 70.7 cm³/mol. The summed E-state index contributed by atoms with van der Waals surface area (Å²) in [7, 11) is -1.70. The minimum atomic E-state index is -2.96. The lowest BCUT2D eigenvalue weighted by Gasteiger charge is -2.12. The van der Waals surface area contributed by atoms with Gasteiger partial charge >= 0.3 is 5.97 Å². The number of hydrogen-bond donors (Lipinski definition) is 2. The van der Waals surface area contributed by atoms with Crippen LogP contribution in [-0.4, -0.2) is 44.0 Å². The lowest BCUT2D eigenvalue weighted by atomic mass is 10.2. The number of nitrogens with two attached hydrogens (primary N) is 1. The Hall–Kier alpha value is -1.83. The molecule has 0 bridgehead atoms. The summed E-state index contributed by atoms with van der Waals surface area (Å²) in [6, 6.07) is 1.28. The Kier molecular flexibility index (Phi) is 3.61. The fourth-order valence-electron chi connectivity index (χ4n) is 1.95. The molecule has 0 aromatic carbocycles. The molecule has 1 unspecified atom stereocenters. The average molecular weight is 285 g/mol. The van der Waals surface area contributed by atoms with Gasteiger partial charge in [-0.3, -0.25) is 0 Å². The number of anilines is 2. The van der Waals surface area contributed by atoms with Crippen LogP contribution in [0.4, 0.5) is 11.5 Å². The van der Waals surface area contributed by atoms with Gasteiger partial charge in [-0.1, -0.05) is 0 Å². The first kappa shape index (κ1) is 13.6. The van der Waals surface area contributed by atoms with E-state index in [4.69, 9.17) is 5.73 Å². The first-order chi connectivity index (χ1) is 8.91. The molecule has 0 saturated carbocycles. The number of nitrogen functional groups attached to an aromatic ring is 1. The van der Waals surface area contributed by atoms with E-state index in [1.54, 1.807) is 0 Å². The molecule has 2 rings (SSSR count). The number of nitrogens with zero attached hydrogens (tertiary/aromatic N) is 1. The highest BCUT2D eigenvalue weighted by Crippen LogP contribution is 2.19. The van der Waals surface area contributed by atoms with Crippen LogP contribution in [0.5, 0.6) is 0 Å². The Labute approximate surface area is 111 Å². The van der Waals surface area contributed by atoms with Gasteiger partial charge in [0.05, 0.1) is 36.1 Å². The molecule has 0 radical (unpaired) electrons. The summed E-state index contributed by atoms with van der Waals surface area (Å²) in [4.78, 5) is 15.5. The molecule has 1 aromatic rings. The molecule has 7 nitrogen and oxygen atoms in total. The minimum Gasteiger partial charge on any atom is -0.465 e. The van der Waals surface area contributed by atoms with Crippen LogP contribution in [0.2, 0.25) is 0 Å². The number of hydrogen-bond acceptors (Lipinski definition) is 7. The van der Waals surface area contributed by atoms with E-state index in [0.717, 1.165) is 0 Å². The minimum absolute atomic E-state index is 0.0760. The van der Waals surface area contributed by atoms with Gasteiger partial charge in [0.2, 0.25) is 0 Å². The van der Waals surface area contributed by atoms with Crippen LogP contribution in [0.1, 0.15) is 16.8 Å². The number of aromatic nitrogens is 1. The maximum absolute atomic E-state index is 11.5. The number of carbonyl (C=O) groups excluding carboxylic acids is 1. The second kappa shape index (κ2) is 5.04. The van der Waals surface area contributed by atoms with Crippen LogP contribution >= 0.6 is 0 Å². The maximum atomic E-state index is 11.5. The first-order valence-electron chi connectivity index (χ1n) is 5.72. The average Bonchev–Trinajstić information content (AvgIpc) is 2.70. The Bertz CT molecular complexity index is 600. The normalized spacial score (nSPS) is 21.0. The standard InChI is InChI=1S/C11H15N3O4S/c1-18-11(15)8-4-10(13-5-9(8)12)14-7-2-3-19(16,17)6-7/h4-5,7H,2-3,6,12H2,1H3,(H,13,14). The number of pyridine rings is 1. The molecule has 1 aliphatic heterocycles. The van der Waals surface area contributed by atoms with Crippen LogP contribution < -0.4 is 11.1 Å². The fraction of sp³-hybridized carbons (Fsp3) is 0.455. The number of rotatable bonds is 3. The molecule has 1 aromatic heterocycles. The topological polar surface area (TPSA) is 111 Å². The van der Waals surface area contributed by atoms with E-state index in [1.165, 1.54) is 19.4 Å². The quantitative estimate of drug-likeness (QED) is 0.755. The van der Waals surface area contributed by atoms with Gasteiger partial charge in [0.15, 0.2) is 9.84 Å². The third-order valence-electron chi connectivity index (χ3n) is 2.92. The zero-order valence-corrected chi connectivity index (χ0v) is 11.2.